The van der Waals surface area contributed by atoms with Crippen LogP contribution in [0, 0.1) is 25.2 Å². The summed E-state index contributed by atoms with van der Waals surface area (Å²) in [6, 6.07) is 11.4. The van der Waals surface area contributed by atoms with Crippen molar-refractivity contribution in [3.63, 3.8) is 0 Å². The number of halogens is 3. The Labute approximate surface area is 171 Å². The third kappa shape index (κ3) is 4.10. The molecule has 1 heterocycles. The summed E-state index contributed by atoms with van der Waals surface area (Å²) in [6.07, 6.45) is -2.97. The zero-order valence-electron chi connectivity index (χ0n) is 16.1. The van der Waals surface area contributed by atoms with Gasteiger partial charge in [0.25, 0.3) is 5.91 Å². The molecule has 0 spiro atoms. The number of hydrogen-bond donors (Lipinski definition) is 2. The van der Waals surface area contributed by atoms with Crippen LogP contribution in [0.3, 0.4) is 0 Å². The SMILES string of the molecule is Cc1ccc(C(=O)Nc2cccc(C(F)(F)F)c2)cc1-c1cnc(N)c(C#N)c1C. The summed E-state index contributed by atoms with van der Waals surface area (Å²) in [5.74, 6) is -0.438. The number of pyridine rings is 1. The van der Waals surface area contributed by atoms with Crippen LogP contribution in [0.15, 0.2) is 48.7 Å². The third-order valence-corrected chi connectivity index (χ3v) is 4.72. The highest BCUT2D eigenvalue weighted by atomic mass is 19.4. The fraction of sp³-hybridized carbons (Fsp3) is 0.136. The van der Waals surface area contributed by atoms with E-state index in [1.54, 1.807) is 25.1 Å². The summed E-state index contributed by atoms with van der Waals surface area (Å²) in [5, 5.41) is 11.8. The number of benzene rings is 2. The Hall–Kier alpha value is -3.86. The van der Waals surface area contributed by atoms with Crippen molar-refractivity contribution in [1.82, 2.24) is 4.98 Å². The number of carbonyl (C=O) groups is 1. The van der Waals surface area contributed by atoms with Gasteiger partial charge in [-0.05, 0) is 60.9 Å². The number of alkyl halides is 3. The number of rotatable bonds is 3. The topological polar surface area (TPSA) is 91.8 Å². The molecular weight excluding hydrogens is 393 g/mol. The van der Waals surface area contributed by atoms with Gasteiger partial charge in [0.05, 0.1) is 11.1 Å². The summed E-state index contributed by atoms with van der Waals surface area (Å²) in [7, 11) is 0. The van der Waals surface area contributed by atoms with Gasteiger partial charge in [-0.25, -0.2) is 4.98 Å². The number of anilines is 2. The van der Waals surface area contributed by atoms with Crippen LogP contribution in [0.2, 0.25) is 0 Å². The number of nitriles is 1. The zero-order valence-corrected chi connectivity index (χ0v) is 16.1. The highest BCUT2D eigenvalue weighted by Gasteiger charge is 2.30. The van der Waals surface area contributed by atoms with Gasteiger partial charge in [0.15, 0.2) is 0 Å². The van der Waals surface area contributed by atoms with E-state index in [2.05, 4.69) is 10.3 Å². The molecule has 0 saturated heterocycles. The number of nitrogens with one attached hydrogen (secondary N) is 1. The van der Waals surface area contributed by atoms with Crippen LogP contribution < -0.4 is 11.1 Å². The Morgan fingerprint density at radius 2 is 1.87 bits per heavy atom. The minimum atomic E-state index is -4.50. The molecule has 0 bridgehead atoms. The lowest BCUT2D eigenvalue weighted by Gasteiger charge is -2.14. The first-order chi connectivity index (χ1) is 14.1. The molecule has 0 aliphatic heterocycles. The van der Waals surface area contributed by atoms with E-state index in [0.29, 0.717) is 16.7 Å². The van der Waals surface area contributed by atoms with Crippen molar-refractivity contribution in [2.75, 3.05) is 11.1 Å². The molecule has 3 rings (SSSR count). The maximum atomic E-state index is 12.9. The van der Waals surface area contributed by atoms with Crippen molar-refractivity contribution in [2.24, 2.45) is 0 Å². The molecular formula is C22H17F3N4O. The highest BCUT2D eigenvalue weighted by Crippen LogP contribution is 2.32. The van der Waals surface area contributed by atoms with E-state index < -0.39 is 17.6 Å². The number of aryl methyl sites for hydroxylation is 1. The van der Waals surface area contributed by atoms with Crippen LogP contribution in [0.4, 0.5) is 24.7 Å². The Morgan fingerprint density at radius 3 is 2.53 bits per heavy atom. The first kappa shape index (κ1) is 20.9. The molecule has 3 aromatic rings. The molecule has 152 valence electrons. The molecule has 0 fully saturated rings. The van der Waals surface area contributed by atoms with Crippen LogP contribution in [0.1, 0.15) is 32.6 Å². The van der Waals surface area contributed by atoms with Crippen LogP contribution >= 0.6 is 0 Å². The van der Waals surface area contributed by atoms with E-state index in [-0.39, 0.29) is 22.6 Å². The molecule has 8 heteroatoms. The van der Waals surface area contributed by atoms with Gasteiger partial charge in [0.2, 0.25) is 0 Å². The number of nitrogens with two attached hydrogens (primary N) is 1. The molecule has 5 nitrogen and oxygen atoms in total. The Balaban J connectivity index is 1.97. The summed E-state index contributed by atoms with van der Waals surface area (Å²) < 4.78 is 38.7. The van der Waals surface area contributed by atoms with Gasteiger partial charge in [-0.1, -0.05) is 12.1 Å². The second kappa shape index (κ2) is 7.87. The number of hydrogen-bond acceptors (Lipinski definition) is 4. The van der Waals surface area contributed by atoms with E-state index in [1.807, 2.05) is 13.0 Å². The van der Waals surface area contributed by atoms with Crippen molar-refractivity contribution in [1.29, 1.82) is 5.26 Å². The molecule has 1 aromatic heterocycles. The minimum Gasteiger partial charge on any atom is -0.383 e. The first-order valence-corrected chi connectivity index (χ1v) is 8.86. The maximum Gasteiger partial charge on any atom is 0.416 e. The molecule has 0 atom stereocenters. The fourth-order valence-electron chi connectivity index (χ4n) is 3.06. The Morgan fingerprint density at radius 1 is 1.13 bits per heavy atom. The molecule has 0 aliphatic carbocycles. The number of amides is 1. The van der Waals surface area contributed by atoms with Crippen molar-refractivity contribution >= 4 is 17.4 Å². The van der Waals surface area contributed by atoms with Gasteiger partial charge < -0.3 is 11.1 Å². The molecule has 1 amide bonds. The summed E-state index contributed by atoms with van der Waals surface area (Å²) >= 11 is 0. The monoisotopic (exact) mass is 410 g/mol. The molecule has 3 N–H and O–H groups in total. The predicted molar refractivity (Wildman–Crippen MR) is 108 cm³/mol. The van der Waals surface area contributed by atoms with E-state index in [9.17, 15) is 23.2 Å². The smallest absolute Gasteiger partial charge is 0.383 e. The van der Waals surface area contributed by atoms with Crippen molar-refractivity contribution in [2.45, 2.75) is 20.0 Å². The lowest BCUT2D eigenvalue weighted by Crippen LogP contribution is -2.13. The molecule has 0 saturated carbocycles. The third-order valence-electron chi connectivity index (χ3n) is 4.72. The predicted octanol–water partition coefficient (Wildman–Crippen LogP) is 5.09. The Kier molecular flexibility index (Phi) is 5.47. The number of nitrogen functional groups attached to an aromatic ring is 1. The summed E-state index contributed by atoms with van der Waals surface area (Å²) in [5.41, 5.74) is 8.23. The maximum absolute atomic E-state index is 12.9. The molecule has 30 heavy (non-hydrogen) atoms. The second-order valence-corrected chi connectivity index (χ2v) is 6.73. The molecule has 2 aromatic carbocycles. The normalized spacial score (nSPS) is 11.1. The zero-order chi connectivity index (χ0) is 22.1. The van der Waals surface area contributed by atoms with Gasteiger partial charge in [0.1, 0.15) is 11.9 Å². The van der Waals surface area contributed by atoms with E-state index >= 15 is 0 Å². The number of nitrogens with zero attached hydrogens (tertiary/aromatic N) is 2. The van der Waals surface area contributed by atoms with Gasteiger partial charge in [-0.15, -0.1) is 0 Å². The largest absolute Gasteiger partial charge is 0.416 e. The van der Waals surface area contributed by atoms with Crippen molar-refractivity contribution in [3.05, 3.63) is 76.5 Å². The molecule has 0 unspecified atom stereocenters. The summed E-state index contributed by atoms with van der Waals surface area (Å²) in [4.78, 5) is 16.7. The lowest BCUT2D eigenvalue weighted by atomic mass is 9.94. The lowest BCUT2D eigenvalue weighted by molar-refractivity contribution is -0.137. The molecule has 0 radical (unpaired) electrons. The fourth-order valence-corrected chi connectivity index (χ4v) is 3.06. The van der Waals surface area contributed by atoms with Crippen molar-refractivity contribution < 1.29 is 18.0 Å². The second-order valence-electron chi connectivity index (χ2n) is 6.73. The van der Waals surface area contributed by atoms with Crippen LogP contribution in [-0.4, -0.2) is 10.9 Å². The van der Waals surface area contributed by atoms with Crippen LogP contribution in [-0.2, 0) is 6.18 Å². The summed E-state index contributed by atoms with van der Waals surface area (Å²) in [6.45, 7) is 3.58. The van der Waals surface area contributed by atoms with Gasteiger partial charge >= 0.3 is 6.18 Å². The number of aromatic nitrogens is 1. The van der Waals surface area contributed by atoms with Crippen LogP contribution in [0.25, 0.3) is 11.1 Å². The Bertz CT molecular complexity index is 1180. The van der Waals surface area contributed by atoms with E-state index in [4.69, 9.17) is 5.73 Å². The van der Waals surface area contributed by atoms with Gasteiger partial charge in [-0.3, -0.25) is 4.79 Å². The van der Waals surface area contributed by atoms with E-state index in [1.165, 1.54) is 18.3 Å². The van der Waals surface area contributed by atoms with Gasteiger partial charge in [0, 0.05) is 23.0 Å². The average molecular weight is 410 g/mol. The first-order valence-electron chi connectivity index (χ1n) is 8.86. The quantitative estimate of drug-likeness (QED) is 0.629. The minimum absolute atomic E-state index is 0.0362. The standard InChI is InChI=1S/C22H17F3N4O/c1-12-6-7-14(8-17(12)19-11-28-20(27)18(10-26)13(19)2)21(30)29-16-5-3-4-15(9-16)22(23,24)25/h3-9,11H,1-2H3,(H2,27,28)(H,29,30). The average Bonchev–Trinajstić information content (AvgIpc) is 2.69. The molecule has 0 aliphatic rings. The van der Waals surface area contributed by atoms with Gasteiger partial charge in [-0.2, -0.15) is 18.4 Å². The van der Waals surface area contributed by atoms with E-state index in [0.717, 1.165) is 17.7 Å². The highest BCUT2D eigenvalue weighted by molar-refractivity contribution is 6.05. The number of carbonyl (C=O) groups excluding carboxylic acids is 1. The van der Waals surface area contributed by atoms with Crippen molar-refractivity contribution in [3.8, 4) is 17.2 Å². The van der Waals surface area contributed by atoms with Crippen LogP contribution in [0.5, 0.6) is 0 Å².